The van der Waals surface area contributed by atoms with Gasteiger partial charge in [-0.2, -0.15) is 0 Å². The maximum Gasteiger partial charge on any atom is 0.329 e. The first-order valence-electron chi connectivity index (χ1n) is 9.67. The second-order valence-electron chi connectivity index (χ2n) is 7.58. The molecule has 2 N–H and O–H groups in total. The highest BCUT2D eigenvalue weighted by Crippen LogP contribution is 2.18. The zero-order valence-electron chi connectivity index (χ0n) is 16.6. The molecule has 0 aromatic heterocycles. The number of hydrogen-bond acceptors (Lipinski definition) is 4. The molecule has 27 heavy (non-hydrogen) atoms. The van der Waals surface area contributed by atoms with Gasteiger partial charge in [0.25, 0.3) is 11.8 Å². The minimum Gasteiger partial charge on any atom is -0.451 e. The molecule has 2 rings (SSSR count). The average Bonchev–Trinajstić information content (AvgIpc) is 3.12. The number of nitrogens with one attached hydrogen (secondary N) is 2. The van der Waals surface area contributed by atoms with Crippen molar-refractivity contribution in [1.29, 1.82) is 0 Å². The summed E-state index contributed by atoms with van der Waals surface area (Å²) < 4.78 is 5.35. The van der Waals surface area contributed by atoms with Crippen LogP contribution in [0.1, 0.15) is 62.4 Å². The van der Waals surface area contributed by atoms with Crippen LogP contribution in [0.5, 0.6) is 0 Å². The van der Waals surface area contributed by atoms with Crippen LogP contribution in [-0.4, -0.2) is 36.0 Å². The van der Waals surface area contributed by atoms with Crippen molar-refractivity contribution in [3.63, 3.8) is 0 Å². The Morgan fingerprint density at radius 1 is 1.07 bits per heavy atom. The van der Waals surface area contributed by atoms with Crippen LogP contribution in [0.15, 0.2) is 24.3 Å². The van der Waals surface area contributed by atoms with Crippen molar-refractivity contribution in [3.05, 3.63) is 35.4 Å². The summed E-state index contributed by atoms with van der Waals surface area (Å²) in [7, 11) is 0. The van der Waals surface area contributed by atoms with Gasteiger partial charge in [-0.3, -0.25) is 9.59 Å². The molecule has 1 aliphatic rings. The minimum absolute atomic E-state index is 0.167. The van der Waals surface area contributed by atoms with Crippen molar-refractivity contribution in [2.24, 2.45) is 5.92 Å². The van der Waals surface area contributed by atoms with Crippen LogP contribution in [0, 0.1) is 12.8 Å². The molecule has 148 valence electrons. The molecular weight excluding hydrogens is 344 g/mol. The molecule has 0 saturated heterocycles. The fourth-order valence-corrected chi connectivity index (χ4v) is 3.23. The lowest BCUT2D eigenvalue weighted by atomic mass is 10.0. The molecule has 2 amide bonds. The third-order valence-corrected chi connectivity index (χ3v) is 4.96. The lowest BCUT2D eigenvalue weighted by Crippen LogP contribution is -2.48. The highest BCUT2D eigenvalue weighted by atomic mass is 16.5. The van der Waals surface area contributed by atoms with E-state index < -0.39 is 18.1 Å². The molecule has 2 atom stereocenters. The van der Waals surface area contributed by atoms with Gasteiger partial charge in [0.15, 0.2) is 6.10 Å². The second kappa shape index (κ2) is 9.53. The van der Waals surface area contributed by atoms with Crippen LogP contribution in [0.2, 0.25) is 0 Å². The van der Waals surface area contributed by atoms with E-state index in [0.29, 0.717) is 5.56 Å². The second-order valence-corrected chi connectivity index (χ2v) is 7.58. The van der Waals surface area contributed by atoms with Crippen LogP contribution >= 0.6 is 0 Å². The SMILES string of the molecule is Cc1ccccc1C(=O)N[C@@H](C(=O)O[C@H](C)C(=O)NC1CCCC1)C(C)C. The van der Waals surface area contributed by atoms with Crippen LogP contribution in [-0.2, 0) is 14.3 Å². The lowest BCUT2D eigenvalue weighted by molar-refractivity contribution is -0.157. The molecule has 6 heteroatoms. The standard InChI is InChI=1S/C21H30N2O4/c1-13(2)18(23-20(25)17-12-8-5-9-14(17)3)21(26)27-15(4)19(24)22-16-10-6-7-11-16/h5,8-9,12-13,15-16,18H,6-7,10-11H2,1-4H3,(H,22,24)(H,23,25)/t15-,18-/m1/s1. The van der Waals surface area contributed by atoms with Crippen LogP contribution < -0.4 is 10.6 Å². The van der Waals surface area contributed by atoms with Crippen molar-refractivity contribution in [1.82, 2.24) is 10.6 Å². The summed E-state index contributed by atoms with van der Waals surface area (Å²) in [4.78, 5) is 37.3. The van der Waals surface area contributed by atoms with Gasteiger partial charge in [0.05, 0.1) is 0 Å². The summed E-state index contributed by atoms with van der Waals surface area (Å²) in [5, 5.41) is 5.67. The highest BCUT2D eigenvalue weighted by molar-refractivity contribution is 5.98. The van der Waals surface area contributed by atoms with Gasteiger partial charge in [0.1, 0.15) is 6.04 Å². The topological polar surface area (TPSA) is 84.5 Å². The first kappa shape index (κ1) is 20.9. The number of benzene rings is 1. The molecule has 1 fully saturated rings. The number of aryl methyl sites for hydroxylation is 1. The summed E-state index contributed by atoms with van der Waals surface area (Å²) in [6.07, 6.45) is 3.26. The van der Waals surface area contributed by atoms with Crippen LogP contribution in [0.3, 0.4) is 0 Å². The summed E-state index contributed by atoms with van der Waals surface area (Å²) >= 11 is 0. The Bertz CT molecular complexity index is 681. The van der Waals surface area contributed by atoms with Gasteiger partial charge in [-0.25, -0.2) is 4.79 Å². The molecule has 1 aliphatic carbocycles. The lowest BCUT2D eigenvalue weighted by Gasteiger charge is -2.24. The number of esters is 1. The number of carbonyl (C=O) groups excluding carboxylic acids is 3. The Labute approximate surface area is 161 Å². The molecule has 0 unspecified atom stereocenters. The van der Waals surface area contributed by atoms with Crippen LogP contribution in [0.4, 0.5) is 0 Å². The first-order valence-corrected chi connectivity index (χ1v) is 9.67. The fraction of sp³-hybridized carbons (Fsp3) is 0.571. The average molecular weight is 374 g/mol. The zero-order valence-corrected chi connectivity index (χ0v) is 16.6. The van der Waals surface area contributed by atoms with Crippen molar-refractivity contribution in [2.45, 2.75) is 71.6 Å². The third-order valence-electron chi connectivity index (χ3n) is 4.96. The van der Waals surface area contributed by atoms with Gasteiger partial charge in [0, 0.05) is 11.6 Å². The maximum absolute atomic E-state index is 12.6. The van der Waals surface area contributed by atoms with Crippen molar-refractivity contribution in [2.75, 3.05) is 0 Å². The maximum atomic E-state index is 12.6. The van der Waals surface area contributed by atoms with E-state index in [2.05, 4.69) is 10.6 Å². The number of amides is 2. The molecule has 1 aromatic carbocycles. The Morgan fingerprint density at radius 2 is 1.70 bits per heavy atom. The molecule has 0 radical (unpaired) electrons. The van der Waals surface area contributed by atoms with E-state index in [4.69, 9.17) is 4.74 Å². The summed E-state index contributed by atoms with van der Waals surface area (Å²) in [6.45, 7) is 7.05. The predicted molar refractivity (Wildman–Crippen MR) is 103 cm³/mol. The van der Waals surface area contributed by atoms with E-state index in [0.717, 1.165) is 31.2 Å². The highest BCUT2D eigenvalue weighted by Gasteiger charge is 2.30. The van der Waals surface area contributed by atoms with E-state index in [9.17, 15) is 14.4 Å². The Hall–Kier alpha value is -2.37. The Morgan fingerprint density at radius 3 is 2.30 bits per heavy atom. The molecule has 1 saturated carbocycles. The van der Waals surface area contributed by atoms with Gasteiger partial charge in [-0.15, -0.1) is 0 Å². The van der Waals surface area contributed by atoms with E-state index >= 15 is 0 Å². The monoisotopic (exact) mass is 374 g/mol. The Balaban J connectivity index is 1.96. The number of rotatable bonds is 7. The quantitative estimate of drug-likeness (QED) is 0.719. The molecule has 0 spiro atoms. The molecule has 6 nitrogen and oxygen atoms in total. The van der Waals surface area contributed by atoms with E-state index in [1.807, 2.05) is 32.9 Å². The number of hydrogen-bond donors (Lipinski definition) is 2. The minimum atomic E-state index is -0.894. The third kappa shape index (κ3) is 5.81. The van der Waals surface area contributed by atoms with E-state index in [1.165, 1.54) is 0 Å². The van der Waals surface area contributed by atoms with E-state index in [1.54, 1.807) is 19.1 Å². The smallest absolute Gasteiger partial charge is 0.329 e. The van der Waals surface area contributed by atoms with Gasteiger partial charge in [-0.05, 0) is 44.2 Å². The molecule has 0 heterocycles. The zero-order chi connectivity index (χ0) is 20.0. The van der Waals surface area contributed by atoms with Gasteiger partial charge in [0.2, 0.25) is 0 Å². The Kier molecular flexibility index (Phi) is 7.39. The molecule has 0 aliphatic heterocycles. The van der Waals surface area contributed by atoms with Crippen molar-refractivity contribution >= 4 is 17.8 Å². The van der Waals surface area contributed by atoms with Gasteiger partial charge in [-0.1, -0.05) is 44.9 Å². The van der Waals surface area contributed by atoms with Gasteiger partial charge >= 0.3 is 5.97 Å². The predicted octanol–water partition coefficient (Wildman–Crippen LogP) is 2.74. The molecule has 1 aromatic rings. The largest absolute Gasteiger partial charge is 0.451 e. The van der Waals surface area contributed by atoms with Crippen molar-refractivity contribution in [3.8, 4) is 0 Å². The fourth-order valence-electron chi connectivity index (χ4n) is 3.23. The summed E-state index contributed by atoms with van der Waals surface area (Å²) in [5.41, 5.74) is 1.35. The first-order chi connectivity index (χ1) is 12.8. The summed E-state index contributed by atoms with van der Waals surface area (Å²) in [5.74, 6) is -1.38. The molecule has 0 bridgehead atoms. The van der Waals surface area contributed by atoms with Crippen LogP contribution in [0.25, 0.3) is 0 Å². The van der Waals surface area contributed by atoms with E-state index in [-0.39, 0.29) is 23.8 Å². The number of carbonyl (C=O) groups is 3. The summed E-state index contributed by atoms with van der Waals surface area (Å²) in [6, 6.07) is 6.53. The number of ether oxygens (including phenoxy) is 1. The van der Waals surface area contributed by atoms with Gasteiger partial charge < -0.3 is 15.4 Å². The molecular formula is C21H30N2O4. The van der Waals surface area contributed by atoms with Crippen molar-refractivity contribution < 1.29 is 19.1 Å². The normalized spacial score (nSPS) is 16.6.